The predicted octanol–water partition coefficient (Wildman–Crippen LogP) is 3.25. The Bertz CT molecular complexity index is 915. The van der Waals surface area contributed by atoms with Crippen LogP contribution in [0.2, 0.25) is 0 Å². The maximum atomic E-state index is 13.4. The number of carbonyl (C=O) groups is 2. The van der Waals surface area contributed by atoms with Gasteiger partial charge in [-0.2, -0.15) is 0 Å². The number of benzene rings is 1. The Morgan fingerprint density at radius 1 is 1.22 bits per heavy atom. The van der Waals surface area contributed by atoms with Crippen molar-refractivity contribution >= 4 is 40.1 Å². The van der Waals surface area contributed by atoms with Gasteiger partial charge in [0, 0.05) is 5.39 Å². The number of nitrogens with two attached hydrogens (primary N) is 1. The molecule has 3 aromatic rings. The summed E-state index contributed by atoms with van der Waals surface area (Å²) in [5, 5.41) is 2.68. The minimum absolute atomic E-state index is 0.0122. The zero-order valence-electron chi connectivity index (χ0n) is 11.6. The fourth-order valence-corrected chi connectivity index (χ4v) is 2.26. The monoisotopic (exact) mass is 336 g/mol. The second-order valence-corrected chi connectivity index (χ2v) is 4.93. The fourth-order valence-electron chi connectivity index (χ4n) is 2.11. The van der Waals surface area contributed by atoms with Crippen LogP contribution in [0.3, 0.4) is 0 Å². The SMILES string of the molecule is NC(=O)c1oc2ccc(F)cc2c1NC(=O)c1ccc(CCl)o1. The maximum absolute atomic E-state index is 13.4. The van der Waals surface area contributed by atoms with Gasteiger partial charge in [-0.15, -0.1) is 11.6 Å². The number of anilines is 1. The largest absolute Gasteiger partial charge is 0.455 e. The summed E-state index contributed by atoms with van der Waals surface area (Å²) in [7, 11) is 0. The maximum Gasteiger partial charge on any atom is 0.291 e. The minimum atomic E-state index is -0.891. The van der Waals surface area contributed by atoms with Crippen molar-refractivity contribution in [3.8, 4) is 0 Å². The highest BCUT2D eigenvalue weighted by Gasteiger charge is 2.22. The van der Waals surface area contributed by atoms with Gasteiger partial charge in [-0.1, -0.05) is 0 Å². The number of carbonyl (C=O) groups excluding carboxylic acids is 2. The third kappa shape index (κ3) is 2.78. The molecule has 1 aromatic carbocycles. The van der Waals surface area contributed by atoms with Crippen LogP contribution in [0.5, 0.6) is 0 Å². The minimum Gasteiger partial charge on any atom is -0.455 e. The highest BCUT2D eigenvalue weighted by Crippen LogP contribution is 2.31. The second-order valence-electron chi connectivity index (χ2n) is 4.66. The van der Waals surface area contributed by atoms with Gasteiger partial charge in [0.1, 0.15) is 22.8 Å². The van der Waals surface area contributed by atoms with Gasteiger partial charge in [0.2, 0.25) is 5.76 Å². The van der Waals surface area contributed by atoms with Gasteiger partial charge in [0.15, 0.2) is 5.76 Å². The normalized spacial score (nSPS) is 10.9. The topological polar surface area (TPSA) is 98.5 Å². The Morgan fingerprint density at radius 3 is 2.65 bits per heavy atom. The lowest BCUT2D eigenvalue weighted by atomic mass is 10.2. The molecule has 2 aromatic heterocycles. The molecule has 0 radical (unpaired) electrons. The number of amides is 2. The number of rotatable bonds is 4. The van der Waals surface area contributed by atoms with E-state index in [2.05, 4.69) is 5.32 Å². The van der Waals surface area contributed by atoms with Gasteiger partial charge in [-0.05, 0) is 30.3 Å². The molecule has 8 heteroatoms. The molecule has 0 bridgehead atoms. The van der Waals surface area contributed by atoms with E-state index in [4.69, 9.17) is 26.2 Å². The molecule has 0 saturated heterocycles. The summed E-state index contributed by atoms with van der Waals surface area (Å²) in [4.78, 5) is 23.7. The first-order valence-corrected chi connectivity index (χ1v) is 7.01. The van der Waals surface area contributed by atoms with E-state index >= 15 is 0 Å². The molecular weight excluding hydrogens is 327 g/mol. The van der Waals surface area contributed by atoms with Crippen molar-refractivity contribution in [2.75, 3.05) is 5.32 Å². The number of primary amides is 1. The number of fused-ring (bicyclic) bond motifs is 1. The fraction of sp³-hybridized carbons (Fsp3) is 0.0667. The van der Waals surface area contributed by atoms with Crippen LogP contribution in [0.25, 0.3) is 11.0 Å². The molecule has 3 rings (SSSR count). The van der Waals surface area contributed by atoms with Gasteiger partial charge in [0.05, 0.1) is 5.88 Å². The average molecular weight is 337 g/mol. The van der Waals surface area contributed by atoms with Crippen LogP contribution in [-0.4, -0.2) is 11.8 Å². The molecule has 118 valence electrons. The molecule has 23 heavy (non-hydrogen) atoms. The number of furan rings is 2. The van der Waals surface area contributed by atoms with Crippen molar-refractivity contribution in [1.29, 1.82) is 0 Å². The summed E-state index contributed by atoms with van der Waals surface area (Å²) in [6.45, 7) is 0. The molecule has 0 aliphatic carbocycles. The summed E-state index contributed by atoms with van der Waals surface area (Å²) in [5.74, 6) is -1.85. The zero-order chi connectivity index (χ0) is 16.6. The summed E-state index contributed by atoms with van der Waals surface area (Å²) in [5.41, 5.74) is 5.44. The van der Waals surface area contributed by atoms with Crippen molar-refractivity contribution in [3.05, 3.63) is 53.4 Å². The number of alkyl halides is 1. The molecule has 0 atom stereocenters. The van der Waals surface area contributed by atoms with E-state index in [9.17, 15) is 14.0 Å². The number of halogens is 2. The van der Waals surface area contributed by atoms with E-state index < -0.39 is 17.6 Å². The van der Waals surface area contributed by atoms with Gasteiger partial charge >= 0.3 is 0 Å². The van der Waals surface area contributed by atoms with Crippen LogP contribution < -0.4 is 11.1 Å². The van der Waals surface area contributed by atoms with Crippen molar-refractivity contribution in [1.82, 2.24) is 0 Å². The molecule has 2 amide bonds. The Kier molecular flexibility index (Phi) is 3.79. The average Bonchev–Trinajstić information content (AvgIpc) is 3.12. The lowest BCUT2D eigenvalue weighted by Crippen LogP contribution is -2.16. The van der Waals surface area contributed by atoms with Crippen molar-refractivity contribution in [3.63, 3.8) is 0 Å². The number of hydrogen-bond donors (Lipinski definition) is 2. The number of nitrogens with one attached hydrogen (secondary N) is 1. The highest BCUT2D eigenvalue weighted by atomic mass is 35.5. The Balaban J connectivity index is 2.03. The van der Waals surface area contributed by atoms with Crippen LogP contribution >= 0.6 is 11.6 Å². The molecule has 0 fully saturated rings. The first kappa shape index (κ1) is 15.1. The summed E-state index contributed by atoms with van der Waals surface area (Å²) in [6.07, 6.45) is 0. The van der Waals surface area contributed by atoms with Gasteiger partial charge < -0.3 is 19.9 Å². The summed E-state index contributed by atoms with van der Waals surface area (Å²) in [6, 6.07) is 6.61. The molecule has 0 aliphatic rings. The lowest BCUT2D eigenvalue weighted by molar-refractivity contribution is 0.0977. The first-order valence-electron chi connectivity index (χ1n) is 6.47. The third-order valence-electron chi connectivity index (χ3n) is 3.13. The van der Waals surface area contributed by atoms with Crippen molar-refractivity contribution in [2.24, 2.45) is 5.73 Å². The van der Waals surface area contributed by atoms with Crippen LogP contribution in [0, 0.1) is 5.82 Å². The first-order chi connectivity index (χ1) is 11.0. The second kappa shape index (κ2) is 5.77. The number of hydrogen-bond acceptors (Lipinski definition) is 4. The molecule has 0 unspecified atom stereocenters. The molecule has 6 nitrogen and oxygen atoms in total. The Morgan fingerprint density at radius 2 is 2.00 bits per heavy atom. The lowest BCUT2D eigenvalue weighted by Gasteiger charge is -2.02. The van der Waals surface area contributed by atoms with E-state index in [1.54, 1.807) is 6.07 Å². The van der Waals surface area contributed by atoms with Crippen LogP contribution in [-0.2, 0) is 5.88 Å². The quantitative estimate of drug-likeness (QED) is 0.714. The van der Waals surface area contributed by atoms with Crippen molar-refractivity contribution in [2.45, 2.75) is 5.88 Å². The summed E-state index contributed by atoms with van der Waals surface area (Å²) < 4.78 is 23.9. The van der Waals surface area contributed by atoms with Crippen LogP contribution in [0.1, 0.15) is 26.9 Å². The van der Waals surface area contributed by atoms with E-state index in [0.29, 0.717) is 5.76 Å². The smallest absolute Gasteiger partial charge is 0.291 e. The van der Waals surface area contributed by atoms with Crippen molar-refractivity contribution < 1.29 is 22.8 Å². The standard InChI is InChI=1S/C15H10ClFN2O4/c16-6-8-2-4-11(22-8)15(21)19-12-9-5-7(17)1-3-10(9)23-13(12)14(18)20/h1-5H,6H2,(H2,18,20)(H,19,21). The molecule has 0 spiro atoms. The Hall–Kier alpha value is -2.80. The summed E-state index contributed by atoms with van der Waals surface area (Å²) >= 11 is 5.61. The molecule has 0 saturated carbocycles. The molecule has 3 N–H and O–H groups in total. The van der Waals surface area contributed by atoms with E-state index in [0.717, 1.165) is 6.07 Å². The Labute approximate surface area is 134 Å². The van der Waals surface area contributed by atoms with Gasteiger partial charge in [-0.3, -0.25) is 9.59 Å². The third-order valence-corrected chi connectivity index (χ3v) is 3.39. The van der Waals surface area contributed by atoms with E-state index in [1.165, 1.54) is 18.2 Å². The van der Waals surface area contributed by atoms with Gasteiger partial charge in [-0.25, -0.2) is 4.39 Å². The highest BCUT2D eigenvalue weighted by molar-refractivity contribution is 6.17. The van der Waals surface area contributed by atoms with E-state index in [1.807, 2.05) is 0 Å². The van der Waals surface area contributed by atoms with Gasteiger partial charge in [0.25, 0.3) is 11.8 Å². The van der Waals surface area contributed by atoms with Crippen LogP contribution in [0.4, 0.5) is 10.1 Å². The predicted molar refractivity (Wildman–Crippen MR) is 80.9 cm³/mol. The molecule has 0 aliphatic heterocycles. The van der Waals surface area contributed by atoms with Crippen LogP contribution in [0.15, 0.2) is 39.2 Å². The molecule has 2 heterocycles. The molecular formula is C15H10ClFN2O4. The zero-order valence-corrected chi connectivity index (χ0v) is 12.3. The van der Waals surface area contributed by atoms with E-state index in [-0.39, 0.29) is 34.1 Å².